The van der Waals surface area contributed by atoms with Gasteiger partial charge in [-0.3, -0.25) is 4.79 Å². The van der Waals surface area contributed by atoms with Gasteiger partial charge >= 0.3 is 0 Å². The Hall–Kier alpha value is -0.280. The van der Waals surface area contributed by atoms with Gasteiger partial charge in [0.05, 0.1) is 5.54 Å². The first-order chi connectivity index (χ1) is 8.60. The maximum Gasteiger partial charge on any atom is 0.240 e. The third-order valence-corrected chi connectivity index (χ3v) is 5.16. The molecule has 0 radical (unpaired) electrons. The van der Waals surface area contributed by atoms with Crippen molar-refractivity contribution in [3.05, 3.63) is 0 Å². The van der Waals surface area contributed by atoms with E-state index < -0.39 is 0 Å². The van der Waals surface area contributed by atoms with Crippen LogP contribution in [0.3, 0.4) is 0 Å². The number of hydrogen-bond donors (Lipinski definition) is 2. The second kappa shape index (κ2) is 6.94. The average molecular weight is 289 g/mol. The fourth-order valence-electron chi connectivity index (χ4n) is 3.49. The van der Waals surface area contributed by atoms with Gasteiger partial charge in [0.15, 0.2) is 0 Å². The van der Waals surface area contributed by atoms with Crippen LogP contribution in [0.5, 0.6) is 0 Å². The fraction of sp³-hybridized carbons (Fsp3) is 0.933. The number of carbonyl (C=O) groups is 1. The van der Waals surface area contributed by atoms with E-state index in [-0.39, 0.29) is 23.9 Å². The van der Waals surface area contributed by atoms with E-state index in [4.69, 9.17) is 0 Å². The maximum atomic E-state index is 12.4. The normalized spacial score (nSPS) is 29.6. The molecule has 19 heavy (non-hydrogen) atoms. The van der Waals surface area contributed by atoms with Gasteiger partial charge in [-0.25, -0.2) is 0 Å². The minimum absolute atomic E-state index is 0. The van der Waals surface area contributed by atoms with Crippen LogP contribution in [-0.4, -0.2) is 24.5 Å². The Morgan fingerprint density at radius 3 is 2.32 bits per heavy atom. The lowest BCUT2D eigenvalue weighted by atomic mass is 9.82. The van der Waals surface area contributed by atoms with Crippen LogP contribution in [0.2, 0.25) is 0 Å². The summed E-state index contributed by atoms with van der Waals surface area (Å²) in [6.45, 7) is 6.16. The van der Waals surface area contributed by atoms with E-state index >= 15 is 0 Å². The summed E-state index contributed by atoms with van der Waals surface area (Å²) >= 11 is 0. The van der Waals surface area contributed by atoms with Crippen LogP contribution in [0.1, 0.15) is 65.2 Å². The van der Waals surface area contributed by atoms with Crippen molar-refractivity contribution in [2.75, 3.05) is 13.1 Å². The highest BCUT2D eigenvalue weighted by Gasteiger charge is 2.37. The quantitative estimate of drug-likeness (QED) is 0.835. The lowest BCUT2D eigenvalue weighted by molar-refractivity contribution is -0.128. The summed E-state index contributed by atoms with van der Waals surface area (Å²) in [6.07, 6.45) is 9.76. The number of hydrogen-bond acceptors (Lipinski definition) is 2. The van der Waals surface area contributed by atoms with E-state index in [0.29, 0.717) is 5.41 Å². The van der Waals surface area contributed by atoms with Crippen molar-refractivity contribution in [3.63, 3.8) is 0 Å². The summed E-state index contributed by atoms with van der Waals surface area (Å²) in [4.78, 5) is 12.4. The first-order valence-corrected chi connectivity index (χ1v) is 7.64. The highest BCUT2D eigenvalue weighted by atomic mass is 35.5. The number of amides is 1. The molecule has 0 aromatic heterocycles. The molecule has 0 aromatic carbocycles. The van der Waals surface area contributed by atoms with E-state index in [1.807, 2.05) is 0 Å². The molecule has 1 unspecified atom stereocenters. The van der Waals surface area contributed by atoms with Crippen molar-refractivity contribution in [1.29, 1.82) is 0 Å². The molecule has 1 aliphatic carbocycles. The van der Waals surface area contributed by atoms with E-state index in [0.717, 1.165) is 25.9 Å². The second-order valence-corrected chi connectivity index (χ2v) is 6.46. The van der Waals surface area contributed by atoms with Gasteiger partial charge in [0, 0.05) is 6.54 Å². The Morgan fingerprint density at radius 2 is 1.79 bits per heavy atom. The zero-order valence-corrected chi connectivity index (χ0v) is 13.2. The monoisotopic (exact) mass is 288 g/mol. The molecule has 1 aliphatic heterocycles. The van der Waals surface area contributed by atoms with E-state index in [9.17, 15) is 4.79 Å². The summed E-state index contributed by atoms with van der Waals surface area (Å²) in [7, 11) is 0. The van der Waals surface area contributed by atoms with Crippen LogP contribution in [0, 0.1) is 5.41 Å². The smallest absolute Gasteiger partial charge is 0.240 e. The molecular formula is C15H29ClN2O. The first kappa shape index (κ1) is 16.8. The number of halogens is 1. The Labute approximate surface area is 123 Å². The molecule has 1 amide bonds. The van der Waals surface area contributed by atoms with Gasteiger partial charge in [-0.15, -0.1) is 12.4 Å². The van der Waals surface area contributed by atoms with Crippen LogP contribution >= 0.6 is 12.4 Å². The third kappa shape index (κ3) is 3.85. The Bertz CT molecular complexity index is 295. The standard InChI is InChI=1S/C15H28N2O.ClH/c1-3-15(9-4-5-10-15)12-16-13(18)14(2)8-6-7-11-17-14;/h17H,3-12H2,1-2H3,(H,16,18);1H. The highest BCUT2D eigenvalue weighted by molar-refractivity contribution is 5.86. The largest absolute Gasteiger partial charge is 0.354 e. The Kier molecular flexibility index (Phi) is 6.13. The van der Waals surface area contributed by atoms with Gasteiger partial charge in [-0.2, -0.15) is 0 Å². The third-order valence-electron chi connectivity index (χ3n) is 5.16. The van der Waals surface area contributed by atoms with E-state index in [1.165, 1.54) is 38.5 Å². The van der Waals surface area contributed by atoms with Gasteiger partial charge in [0.2, 0.25) is 5.91 Å². The minimum Gasteiger partial charge on any atom is -0.354 e. The van der Waals surface area contributed by atoms with Gasteiger partial charge in [0.25, 0.3) is 0 Å². The maximum absolute atomic E-state index is 12.4. The Morgan fingerprint density at radius 1 is 1.16 bits per heavy atom. The van der Waals surface area contributed by atoms with E-state index in [1.54, 1.807) is 0 Å². The molecule has 112 valence electrons. The molecule has 4 heteroatoms. The zero-order valence-electron chi connectivity index (χ0n) is 12.4. The topological polar surface area (TPSA) is 41.1 Å². The van der Waals surface area contributed by atoms with Crippen LogP contribution in [0.25, 0.3) is 0 Å². The van der Waals surface area contributed by atoms with Crippen molar-refractivity contribution in [2.45, 2.75) is 70.8 Å². The van der Waals surface area contributed by atoms with Gasteiger partial charge in [0.1, 0.15) is 0 Å². The van der Waals surface area contributed by atoms with Crippen molar-refractivity contribution < 1.29 is 4.79 Å². The predicted molar refractivity (Wildman–Crippen MR) is 81.7 cm³/mol. The average Bonchev–Trinajstić information content (AvgIpc) is 2.86. The molecule has 1 saturated carbocycles. The number of piperidine rings is 1. The van der Waals surface area contributed by atoms with E-state index in [2.05, 4.69) is 24.5 Å². The lowest BCUT2D eigenvalue weighted by Gasteiger charge is -2.35. The summed E-state index contributed by atoms with van der Waals surface area (Å²) in [5.74, 6) is 0.210. The first-order valence-electron chi connectivity index (χ1n) is 7.64. The summed E-state index contributed by atoms with van der Waals surface area (Å²) in [6, 6.07) is 0. The molecule has 0 aromatic rings. The van der Waals surface area contributed by atoms with Gasteiger partial charge in [-0.05, 0) is 57.4 Å². The Balaban J connectivity index is 0.00000180. The second-order valence-electron chi connectivity index (χ2n) is 6.46. The molecule has 2 aliphatic rings. The number of carbonyl (C=O) groups excluding carboxylic acids is 1. The van der Waals surface area contributed by atoms with Crippen LogP contribution in [0.15, 0.2) is 0 Å². The minimum atomic E-state index is -0.328. The molecule has 2 rings (SSSR count). The SMILES string of the molecule is CCC1(CNC(=O)C2(C)CCCCN2)CCCC1.Cl. The van der Waals surface area contributed by atoms with Crippen molar-refractivity contribution in [1.82, 2.24) is 10.6 Å². The fourth-order valence-corrected chi connectivity index (χ4v) is 3.49. The highest BCUT2D eigenvalue weighted by Crippen LogP contribution is 2.40. The predicted octanol–water partition coefficient (Wildman–Crippen LogP) is 3.03. The lowest BCUT2D eigenvalue weighted by Crippen LogP contribution is -2.58. The zero-order chi connectivity index (χ0) is 13.1. The summed E-state index contributed by atoms with van der Waals surface area (Å²) in [5, 5.41) is 6.61. The summed E-state index contributed by atoms with van der Waals surface area (Å²) < 4.78 is 0. The van der Waals surface area contributed by atoms with Gasteiger partial charge < -0.3 is 10.6 Å². The van der Waals surface area contributed by atoms with Crippen LogP contribution < -0.4 is 10.6 Å². The molecule has 0 spiro atoms. The van der Waals surface area contributed by atoms with Gasteiger partial charge in [-0.1, -0.05) is 19.8 Å². The van der Waals surface area contributed by atoms with Crippen molar-refractivity contribution in [2.24, 2.45) is 5.41 Å². The molecular weight excluding hydrogens is 260 g/mol. The number of nitrogens with one attached hydrogen (secondary N) is 2. The molecule has 1 saturated heterocycles. The van der Waals surface area contributed by atoms with Crippen molar-refractivity contribution in [3.8, 4) is 0 Å². The van der Waals surface area contributed by atoms with Crippen LogP contribution in [0.4, 0.5) is 0 Å². The van der Waals surface area contributed by atoms with Crippen LogP contribution in [-0.2, 0) is 4.79 Å². The van der Waals surface area contributed by atoms with Crippen molar-refractivity contribution >= 4 is 18.3 Å². The summed E-state index contributed by atoms with van der Waals surface area (Å²) in [5.41, 5.74) is 0.0620. The number of rotatable bonds is 4. The molecule has 2 N–H and O–H groups in total. The molecule has 0 bridgehead atoms. The molecule has 3 nitrogen and oxygen atoms in total. The molecule has 1 atom stereocenters. The molecule has 2 fully saturated rings. The molecule has 1 heterocycles.